The molecule has 2 rings (SSSR count). The number of nitrogen functional groups attached to an aromatic ring is 1. The average molecular weight is 162 g/mol. The highest BCUT2D eigenvalue weighted by Gasteiger charge is 2.06. The smallest absolute Gasteiger partial charge is 0.104 e. The third-order valence-electron chi connectivity index (χ3n) is 1.87. The number of aromatic amines is 1. The summed E-state index contributed by atoms with van der Waals surface area (Å²) in [6.45, 7) is 0. The summed E-state index contributed by atoms with van der Waals surface area (Å²) >= 11 is 0. The molecule has 2 heterocycles. The van der Waals surface area contributed by atoms with Gasteiger partial charge in [0.05, 0.1) is 17.6 Å². The van der Waals surface area contributed by atoms with Crippen molar-refractivity contribution in [1.82, 2.24) is 14.8 Å². The Kier molecular flexibility index (Phi) is 1.40. The molecule has 3 N–H and O–H groups in total. The van der Waals surface area contributed by atoms with Gasteiger partial charge in [-0.1, -0.05) is 0 Å². The lowest BCUT2D eigenvalue weighted by molar-refractivity contribution is 0.927. The summed E-state index contributed by atoms with van der Waals surface area (Å²) < 4.78 is 1.99. The summed E-state index contributed by atoms with van der Waals surface area (Å²) in [5, 5.41) is 6.71. The van der Waals surface area contributed by atoms with Crippen LogP contribution in [0.15, 0.2) is 24.5 Å². The molecule has 0 aromatic carbocycles. The Hall–Kier alpha value is -1.71. The molecule has 2 aromatic rings. The number of rotatable bonds is 1. The van der Waals surface area contributed by atoms with Gasteiger partial charge in [0.2, 0.25) is 0 Å². The van der Waals surface area contributed by atoms with Crippen LogP contribution in [0.2, 0.25) is 0 Å². The van der Waals surface area contributed by atoms with Crippen LogP contribution >= 0.6 is 0 Å². The Balaban J connectivity index is 2.57. The van der Waals surface area contributed by atoms with Crippen LogP contribution in [0.3, 0.4) is 0 Å². The summed E-state index contributed by atoms with van der Waals surface area (Å²) in [4.78, 5) is 0. The first-order valence-electron chi connectivity index (χ1n) is 3.69. The topological polar surface area (TPSA) is 59.6 Å². The zero-order chi connectivity index (χ0) is 8.55. The first-order chi connectivity index (χ1) is 5.79. The minimum atomic E-state index is 0.678. The third-order valence-corrected chi connectivity index (χ3v) is 1.87. The van der Waals surface area contributed by atoms with Crippen LogP contribution in [0.25, 0.3) is 11.4 Å². The van der Waals surface area contributed by atoms with Gasteiger partial charge in [0.25, 0.3) is 0 Å². The van der Waals surface area contributed by atoms with E-state index in [1.54, 1.807) is 6.20 Å². The maximum atomic E-state index is 5.69. The van der Waals surface area contributed by atoms with Crippen LogP contribution in [0.4, 0.5) is 5.69 Å². The van der Waals surface area contributed by atoms with E-state index in [2.05, 4.69) is 10.2 Å². The van der Waals surface area contributed by atoms with E-state index in [1.807, 2.05) is 29.9 Å². The predicted octanol–water partition coefficient (Wildman–Crippen LogP) is 0.997. The first kappa shape index (κ1) is 6.97. The highest BCUT2D eigenvalue weighted by molar-refractivity contribution is 5.69. The molecule has 0 fully saturated rings. The van der Waals surface area contributed by atoms with Crippen molar-refractivity contribution < 1.29 is 0 Å². The molecular weight excluding hydrogens is 152 g/mol. The summed E-state index contributed by atoms with van der Waals surface area (Å²) in [6.07, 6.45) is 3.58. The molecule has 0 atom stereocenters. The summed E-state index contributed by atoms with van der Waals surface area (Å²) in [5.74, 6) is 0. The van der Waals surface area contributed by atoms with Gasteiger partial charge in [-0.15, -0.1) is 0 Å². The average Bonchev–Trinajstić information content (AvgIpc) is 2.59. The van der Waals surface area contributed by atoms with Gasteiger partial charge in [-0.25, -0.2) is 0 Å². The Morgan fingerprint density at radius 1 is 1.58 bits per heavy atom. The van der Waals surface area contributed by atoms with Crippen molar-refractivity contribution in [2.45, 2.75) is 0 Å². The molecule has 0 saturated heterocycles. The molecule has 12 heavy (non-hydrogen) atoms. The van der Waals surface area contributed by atoms with Crippen LogP contribution in [0, 0.1) is 0 Å². The number of aryl methyl sites for hydroxylation is 1. The van der Waals surface area contributed by atoms with Gasteiger partial charge in [-0.05, 0) is 12.1 Å². The highest BCUT2D eigenvalue weighted by atomic mass is 15.1. The van der Waals surface area contributed by atoms with Crippen molar-refractivity contribution in [3.8, 4) is 11.4 Å². The lowest BCUT2D eigenvalue weighted by Crippen LogP contribution is -1.92. The molecule has 0 aliphatic rings. The fourth-order valence-electron chi connectivity index (χ4n) is 1.22. The van der Waals surface area contributed by atoms with E-state index in [-0.39, 0.29) is 0 Å². The van der Waals surface area contributed by atoms with Gasteiger partial charge in [0.15, 0.2) is 0 Å². The van der Waals surface area contributed by atoms with Gasteiger partial charge in [0, 0.05) is 13.2 Å². The van der Waals surface area contributed by atoms with Crippen molar-refractivity contribution in [1.29, 1.82) is 0 Å². The number of nitrogens with two attached hydrogens (primary N) is 1. The number of aromatic nitrogens is 3. The molecule has 0 amide bonds. The SMILES string of the molecule is Cn1cccc1-c1[nH]ncc1N. The predicted molar refractivity (Wildman–Crippen MR) is 47.4 cm³/mol. The number of hydrogen-bond acceptors (Lipinski definition) is 2. The Labute approximate surface area is 70.0 Å². The van der Waals surface area contributed by atoms with E-state index in [4.69, 9.17) is 5.73 Å². The molecule has 0 spiro atoms. The Morgan fingerprint density at radius 3 is 2.92 bits per heavy atom. The van der Waals surface area contributed by atoms with Gasteiger partial charge in [0.1, 0.15) is 5.69 Å². The molecule has 0 saturated carbocycles. The number of H-pyrrole nitrogens is 1. The fourth-order valence-corrected chi connectivity index (χ4v) is 1.22. The second kappa shape index (κ2) is 2.41. The standard InChI is InChI=1S/C8H10N4/c1-12-4-2-3-7(12)8-6(9)5-10-11-8/h2-5H,9H2,1H3,(H,10,11). The van der Waals surface area contributed by atoms with Crippen molar-refractivity contribution in [2.24, 2.45) is 7.05 Å². The molecule has 4 heteroatoms. The van der Waals surface area contributed by atoms with E-state index in [9.17, 15) is 0 Å². The summed E-state index contributed by atoms with van der Waals surface area (Å²) in [7, 11) is 1.97. The van der Waals surface area contributed by atoms with E-state index in [0.29, 0.717) is 5.69 Å². The number of anilines is 1. The lowest BCUT2D eigenvalue weighted by Gasteiger charge is -2.00. The van der Waals surface area contributed by atoms with Crippen molar-refractivity contribution in [3.05, 3.63) is 24.5 Å². The van der Waals surface area contributed by atoms with Crippen LogP contribution < -0.4 is 5.73 Å². The monoisotopic (exact) mass is 162 g/mol. The summed E-state index contributed by atoms with van der Waals surface area (Å²) in [6, 6.07) is 3.96. The van der Waals surface area contributed by atoms with E-state index < -0.39 is 0 Å². The van der Waals surface area contributed by atoms with Crippen molar-refractivity contribution in [3.63, 3.8) is 0 Å². The molecule has 0 aliphatic heterocycles. The molecule has 4 nitrogen and oxygen atoms in total. The number of hydrogen-bond donors (Lipinski definition) is 2. The highest BCUT2D eigenvalue weighted by Crippen LogP contribution is 2.21. The molecule has 2 aromatic heterocycles. The lowest BCUT2D eigenvalue weighted by atomic mass is 10.3. The van der Waals surface area contributed by atoms with E-state index in [1.165, 1.54) is 0 Å². The maximum Gasteiger partial charge on any atom is 0.104 e. The molecule has 0 radical (unpaired) electrons. The zero-order valence-corrected chi connectivity index (χ0v) is 6.78. The van der Waals surface area contributed by atoms with Gasteiger partial charge in [-0.2, -0.15) is 5.10 Å². The van der Waals surface area contributed by atoms with Crippen LogP contribution in [-0.4, -0.2) is 14.8 Å². The van der Waals surface area contributed by atoms with Crippen molar-refractivity contribution in [2.75, 3.05) is 5.73 Å². The quantitative estimate of drug-likeness (QED) is 0.657. The van der Waals surface area contributed by atoms with E-state index in [0.717, 1.165) is 11.4 Å². The number of nitrogens with one attached hydrogen (secondary N) is 1. The second-order valence-corrected chi connectivity index (χ2v) is 2.70. The van der Waals surface area contributed by atoms with Gasteiger partial charge < -0.3 is 10.3 Å². The van der Waals surface area contributed by atoms with E-state index >= 15 is 0 Å². The van der Waals surface area contributed by atoms with Gasteiger partial charge >= 0.3 is 0 Å². The number of nitrogens with zero attached hydrogens (tertiary/aromatic N) is 2. The molecule has 0 unspecified atom stereocenters. The third kappa shape index (κ3) is 0.887. The molecule has 62 valence electrons. The first-order valence-corrected chi connectivity index (χ1v) is 3.69. The van der Waals surface area contributed by atoms with Crippen LogP contribution in [0.5, 0.6) is 0 Å². The van der Waals surface area contributed by atoms with Crippen LogP contribution in [-0.2, 0) is 7.05 Å². The van der Waals surface area contributed by atoms with Crippen LogP contribution in [0.1, 0.15) is 0 Å². The summed E-state index contributed by atoms with van der Waals surface area (Å²) in [5.41, 5.74) is 8.29. The van der Waals surface area contributed by atoms with Crippen molar-refractivity contribution >= 4 is 5.69 Å². The Morgan fingerprint density at radius 2 is 2.42 bits per heavy atom. The Bertz CT molecular complexity index is 347. The zero-order valence-electron chi connectivity index (χ0n) is 6.78. The largest absolute Gasteiger partial charge is 0.396 e. The molecule has 0 aliphatic carbocycles. The second-order valence-electron chi connectivity index (χ2n) is 2.70. The minimum Gasteiger partial charge on any atom is -0.396 e. The fraction of sp³-hybridized carbons (Fsp3) is 0.125. The van der Waals surface area contributed by atoms with Gasteiger partial charge in [-0.3, -0.25) is 5.10 Å². The normalized spacial score (nSPS) is 10.4. The molecule has 0 bridgehead atoms. The minimum absolute atomic E-state index is 0.678. The maximum absolute atomic E-state index is 5.69. The molecular formula is C8H10N4.